The van der Waals surface area contributed by atoms with E-state index in [0.29, 0.717) is 31.2 Å². The van der Waals surface area contributed by atoms with Crippen LogP contribution < -0.4 is 19.7 Å². The number of rotatable bonds is 7. The lowest BCUT2D eigenvalue weighted by Crippen LogP contribution is -2.36. The molecule has 1 aliphatic rings. The van der Waals surface area contributed by atoms with Crippen molar-refractivity contribution in [2.45, 2.75) is 11.8 Å². The van der Waals surface area contributed by atoms with E-state index in [1.54, 1.807) is 19.1 Å². The number of benzene rings is 2. The summed E-state index contributed by atoms with van der Waals surface area (Å²) in [4.78, 5) is 14.4. The molecule has 0 atom stereocenters. The summed E-state index contributed by atoms with van der Waals surface area (Å²) in [6.45, 7) is 5.18. The van der Waals surface area contributed by atoms with Crippen LogP contribution in [0.5, 0.6) is 5.75 Å². The molecule has 0 unspecified atom stereocenters. The van der Waals surface area contributed by atoms with Crippen molar-refractivity contribution in [3.8, 4) is 5.75 Å². The standard InChI is InChI=1S/C20H25N3O5S/c1-3-21-20(24)18-14-17(8-9-19(18)27-2)29(25,26)22-15-4-6-16(7-5-15)23-10-12-28-13-11-23/h4-9,14,22H,3,10-13H2,1-2H3,(H,21,24). The van der Waals surface area contributed by atoms with Crippen LogP contribution in [0.1, 0.15) is 17.3 Å². The fourth-order valence-corrected chi connectivity index (χ4v) is 4.15. The summed E-state index contributed by atoms with van der Waals surface area (Å²) in [6.07, 6.45) is 0. The smallest absolute Gasteiger partial charge is 0.261 e. The maximum atomic E-state index is 12.8. The Morgan fingerprint density at radius 3 is 2.45 bits per heavy atom. The molecule has 0 aliphatic carbocycles. The third-order valence-electron chi connectivity index (χ3n) is 4.56. The lowest BCUT2D eigenvalue weighted by atomic mass is 10.2. The fraction of sp³-hybridized carbons (Fsp3) is 0.350. The minimum absolute atomic E-state index is 0.0168. The Hall–Kier alpha value is -2.78. The van der Waals surface area contributed by atoms with Gasteiger partial charge >= 0.3 is 0 Å². The van der Waals surface area contributed by atoms with Gasteiger partial charge in [0.25, 0.3) is 15.9 Å². The normalized spacial score (nSPS) is 14.3. The summed E-state index contributed by atoms with van der Waals surface area (Å²) in [5.41, 5.74) is 1.62. The van der Waals surface area contributed by atoms with E-state index < -0.39 is 15.9 Å². The molecule has 1 saturated heterocycles. The number of methoxy groups -OCH3 is 1. The number of nitrogens with zero attached hydrogens (tertiary/aromatic N) is 1. The number of nitrogens with one attached hydrogen (secondary N) is 2. The number of carbonyl (C=O) groups is 1. The summed E-state index contributed by atoms with van der Waals surface area (Å²) in [7, 11) is -2.44. The molecule has 1 heterocycles. The maximum absolute atomic E-state index is 12.8. The first-order valence-corrected chi connectivity index (χ1v) is 10.8. The lowest BCUT2D eigenvalue weighted by Gasteiger charge is -2.28. The van der Waals surface area contributed by atoms with E-state index in [0.717, 1.165) is 18.8 Å². The van der Waals surface area contributed by atoms with Crippen LogP contribution in [-0.2, 0) is 14.8 Å². The van der Waals surface area contributed by atoms with Gasteiger partial charge < -0.3 is 19.7 Å². The number of hydrogen-bond donors (Lipinski definition) is 2. The number of sulfonamides is 1. The van der Waals surface area contributed by atoms with Crippen molar-refractivity contribution in [1.29, 1.82) is 0 Å². The van der Waals surface area contributed by atoms with Gasteiger partial charge in [0.05, 0.1) is 30.8 Å². The number of ether oxygens (including phenoxy) is 2. The Morgan fingerprint density at radius 2 is 1.83 bits per heavy atom. The van der Waals surface area contributed by atoms with Crippen molar-refractivity contribution in [3.05, 3.63) is 48.0 Å². The van der Waals surface area contributed by atoms with E-state index in [4.69, 9.17) is 9.47 Å². The summed E-state index contributed by atoms with van der Waals surface area (Å²) < 4.78 is 38.7. The van der Waals surface area contributed by atoms with Gasteiger partial charge in [-0.05, 0) is 49.4 Å². The summed E-state index contributed by atoms with van der Waals surface area (Å²) in [5, 5.41) is 2.65. The molecular formula is C20H25N3O5S. The molecule has 0 spiro atoms. The van der Waals surface area contributed by atoms with Gasteiger partial charge in [0.2, 0.25) is 0 Å². The summed E-state index contributed by atoms with van der Waals surface area (Å²) in [5.74, 6) is -0.0824. The van der Waals surface area contributed by atoms with Gasteiger partial charge in [-0.25, -0.2) is 8.42 Å². The molecule has 156 valence electrons. The molecule has 3 rings (SSSR count). The van der Waals surface area contributed by atoms with E-state index in [-0.39, 0.29) is 10.5 Å². The number of anilines is 2. The van der Waals surface area contributed by atoms with Crippen LogP contribution in [0.2, 0.25) is 0 Å². The van der Waals surface area contributed by atoms with Crippen molar-refractivity contribution in [2.75, 3.05) is 49.6 Å². The minimum Gasteiger partial charge on any atom is -0.496 e. The largest absolute Gasteiger partial charge is 0.496 e. The Kier molecular flexibility index (Phi) is 6.60. The Balaban J connectivity index is 1.80. The summed E-state index contributed by atoms with van der Waals surface area (Å²) in [6, 6.07) is 11.4. The maximum Gasteiger partial charge on any atom is 0.261 e. The van der Waals surface area contributed by atoms with Crippen LogP contribution in [0, 0.1) is 0 Å². The molecule has 2 aromatic carbocycles. The van der Waals surface area contributed by atoms with E-state index >= 15 is 0 Å². The highest BCUT2D eigenvalue weighted by atomic mass is 32.2. The number of hydrogen-bond acceptors (Lipinski definition) is 6. The highest BCUT2D eigenvalue weighted by Gasteiger charge is 2.20. The van der Waals surface area contributed by atoms with E-state index in [1.165, 1.54) is 25.3 Å². The minimum atomic E-state index is -3.87. The molecule has 1 amide bonds. The number of morpholine rings is 1. The second-order valence-electron chi connectivity index (χ2n) is 6.47. The van der Waals surface area contributed by atoms with Crippen LogP contribution in [0.15, 0.2) is 47.4 Å². The van der Waals surface area contributed by atoms with Gasteiger partial charge in [-0.1, -0.05) is 0 Å². The number of carbonyl (C=O) groups excluding carboxylic acids is 1. The summed E-state index contributed by atoms with van der Waals surface area (Å²) >= 11 is 0. The van der Waals surface area contributed by atoms with E-state index in [2.05, 4.69) is 14.9 Å². The van der Waals surface area contributed by atoms with Gasteiger partial charge in [-0.15, -0.1) is 0 Å². The molecule has 29 heavy (non-hydrogen) atoms. The molecule has 0 radical (unpaired) electrons. The lowest BCUT2D eigenvalue weighted by molar-refractivity contribution is 0.0952. The first-order chi connectivity index (χ1) is 13.9. The third-order valence-corrected chi connectivity index (χ3v) is 5.94. The second kappa shape index (κ2) is 9.15. The zero-order valence-corrected chi connectivity index (χ0v) is 17.3. The van der Waals surface area contributed by atoms with Crippen molar-refractivity contribution in [3.63, 3.8) is 0 Å². The van der Waals surface area contributed by atoms with Gasteiger partial charge in [0, 0.05) is 31.0 Å². The van der Waals surface area contributed by atoms with Crippen LogP contribution in [0.4, 0.5) is 11.4 Å². The Morgan fingerprint density at radius 1 is 1.14 bits per heavy atom. The monoisotopic (exact) mass is 419 g/mol. The van der Waals surface area contributed by atoms with Crippen molar-refractivity contribution >= 4 is 27.3 Å². The molecular weight excluding hydrogens is 394 g/mol. The molecule has 2 aromatic rings. The molecule has 2 N–H and O–H groups in total. The predicted molar refractivity (Wildman–Crippen MR) is 111 cm³/mol. The van der Waals surface area contributed by atoms with Crippen LogP contribution in [-0.4, -0.2) is 54.3 Å². The van der Waals surface area contributed by atoms with Gasteiger partial charge in [0.15, 0.2) is 0 Å². The van der Waals surface area contributed by atoms with E-state index in [9.17, 15) is 13.2 Å². The van der Waals surface area contributed by atoms with Crippen LogP contribution in [0.25, 0.3) is 0 Å². The molecule has 8 nitrogen and oxygen atoms in total. The highest BCUT2D eigenvalue weighted by molar-refractivity contribution is 7.92. The van der Waals surface area contributed by atoms with Crippen LogP contribution >= 0.6 is 0 Å². The molecule has 1 fully saturated rings. The van der Waals surface area contributed by atoms with Gasteiger partial charge in [0.1, 0.15) is 5.75 Å². The van der Waals surface area contributed by atoms with Crippen molar-refractivity contribution in [1.82, 2.24) is 5.32 Å². The average Bonchev–Trinajstić information content (AvgIpc) is 2.74. The van der Waals surface area contributed by atoms with Crippen LogP contribution in [0.3, 0.4) is 0 Å². The quantitative estimate of drug-likeness (QED) is 0.713. The van der Waals surface area contributed by atoms with Crippen molar-refractivity contribution in [2.24, 2.45) is 0 Å². The highest BCUT2D eigenvalue weighted by Crippen LogP contribution is 2.25. The SMILES string of the molecule is CCNC(=O)c1cc(S(=O)(=O)Nc2ccc(N3CCOCC3)cc2)ccc1OC. The molecule has 0 aromatic heterocycles. The van der Waals surface area contributed by atoms with Crippen molar-refractivity contribution < 1.29 is 22.7 Å². The number of amides is 1. The Bertz CT molecular complexity index is 955. The third kappa shape index (κ3) is 4.99. The Labute approximate surface area is 170 Å². The fourth-order valence-electron chi connectivity index (χ4n) is 3.06. The zero-order chi connectivity index (χ0) is 20.9. The zero-order valence-electron chi connectivity index (χ0n) is 16.5. The topological polar surface area (TPSA) is 97.0 Å². The second-order valence-corrected chi connectivity index (χ2v) is 8.16. The van der Waals surface area contributed by atoms with Gasteiger partial charge in [-0.3, -0.25) is 9.52 Å². The van der Waals surface area contributed by atoms with Gasteiger partial charge in [-0.2, -0.15) is 0 Å². The molecule has 1 aliphatic heterocycles. The average molecular weight is 420 g/mol. The van der Waals surface area contributed by atoms with E-state index in [1.807, 2.05) is 12.1 Å². The molecule has 9 heteroatoms. The molecule has 0 saturated carbocycles. The molecule has 0 bridgehead atoms. The first-order valence-electron chi connectivity index (χ1n) is 9.36. The predicted octanol–water partition coefficient (Wildman–Crippen LogP) is 2.08. The first kappa shape index (κ1) is 20.9.